The van der Waals surface area contributed by atoms with Crippen LogP contribution in [-0.2, 0) is 0 Å². The summed E-state index contributed by atoms with van der Waals surface area (Å²) in [6.07, 6.45) is 12.9. The van der Waals surface area contributed by atoms with E-state index in [1.807, 2.05) is 0 Å². The molecule has 0 saturated heterocycles. The zero-order chi connectivity index (χ0) is 13.0. The van der Waals surface area contributed by atoms with E-state index in [0.717, 1.165) is 29.8 Å². The van der Waals surface area contributed by atoms with E-state index < -0.39 is 0 Å². The lowest BCUT2D eigenvalue weighted by molar-refractivity contribution is 0.306. The molecule has 0 bridgehead atoms. The molecule has 18 heavy (non-hydrogen) atoms. The van der Waals surface area contributed by atoms with Crippen molar-refractivity contribution in [3.05, 3.63) is 0 Å². The van der Waals surface area contributed by atoms with Crippen LogP contribution < -0.4 is 5.32 Å². The molecule has 1 N–H and O–H groups in total. The van der Waals surface area contributed by atoms with Crippen molar-refractivity contribution >= 4 is 0 Å². The van der Waals surface area contributed by atoms with Crippen LogP contribution in [0.2, 0.25) is 0 Å². The standard InChI is InChI=1S/C17H33N/c1-4-14-7-6-8-16(11-9-14)18-17-12-10-15(5-2)13(17)3/h13-18H,4-12H2,1-3H3. The Balaban J connectivity index is 1.79. The zero-order valence-electron chi connectivity index (χ0n) is 12.8. The normalized spacial score (nSPS) is 41.8. The third-order valence-electron chi connectivity index (χ3n) is 5.87. The monoisotopic (exact) mass is 251 g/mol. The summed E-state index contributed by atoms with van der Waals surface area (Å²) < 4.78 is 0. The highest BCUT2D eigenvalue weighted by atomic mass is 15.0. The van der Waals surface area contributed by atoms with Crippen molar-refractivity contribution in [1.29, 1.82) is 0 Å². The molecular formula is C17H33N. The molecule has 0 spiro atoms. The van der Waals surface area contributed by atoms with Gasteiger partial charge in [0.05, 0.1) is 0 Å². The molecule has 5 unspecified atom stereocenters. The van der Waals surface area contributed by atoms with Gasteiger partial charge in [0.1, 0.15) is 0 Å². The Bertz CT molecular complexity index is 238. The summed E-state index contributed by atoms with van der Waals surface area (Å²) in [4.78, 5) is 0. The maximum Gasteiger partial charge on any atom is 0.00980 e. The molecular weight excluding hydrogens is 218 g/mol. The van der Waals surface area contributed by atoms with Gasteiger partial charge in [-0.2, -0.15) is 0 Å². The number of nitrogens with one attached hydrogen (secondary N) is 1. The highest BCUT2D eigenvalue weighted by Crippen LogP contribution is 2.35. The predicted molar refractivity (Wildman–Crippen MR) is 79.8 cm³/mol. The van der Waals surface area contributed by atoms with Gasteiger partial charge in [-0.3, -0.25) is 0 Å². The van der Waals surface area contributed by atoms with E-state index in [9.17, 15) is 0 Å². The van der Waals surface area contributed by atoms with Gasteiger partial charge < -0.3 is 5.32 Å². The Labute approximate surface area is 114 Å². The van der Waals surface area contributed by atoms with Crippen LogP contribution in [0.3, 0.4) is 0 Å². The predicted octanol–water partition coefficient (Wildman–Crippen LogP) is 4.76. The molecule has 0 aromatic rings. The van der Waals surface area contributed by atoms with Crippen LogP contribution in [-0.4, -0.2) is 12.1 Å². The van der Waals surface area contributed by atoms with Gasteiger partial charge in [-0.25, -0.2) is 0 Å². The SMILES string of the molecule is CCC1CCCC(NC2CCC(CC)C2C)CC1. The summed E-state index contributed by atoms with van der Waals surface area (Å²) in [6.45, 7) is 7.20. The van der Waals surface area contributed by atoms with E-state index in [0.29, 0.717) is 0 Å². The highest BCUT2D eigenvalue weighted by molar-refractivity contribution is 4.89. The van der Waals surface area contributed by atoms with Gasteiger partial charge in [0.25, 0.3) is 0 Å². The first-order valence-electron chi connectivity index (χ1n) is 8.50. The van der Waals surface area contributed by atoms with Crippen molar-refractivity contribution in [2.75, 3.05) is 0 Å². The minimum atomic E-state index is 0.818. The Morgan fingerprint density at radius 3 is 2.39 bits per heavy atom. The number of hydrogen-bond donors (Lipinski definition) is 1. The maximum absolute atomic E-state index is 4.02. The molecule has 0 aromatic heterocycles. The summed E-state index contributed by atoms with van der Waals surface area (Å²) >= 11 is 0. The summed E-state index contributed by atoms with van der Waals surface area (Å²) in [5.41, 5.74) is 0. The third kappa shape index (κ3) is 3.50. The van der Waals surface area contributed by atoms with Crippen LogP contribution in [0, 0.1) is 17.8 Å². The lowest BCUT2D eigenvalue weighted by Crippen LogP contribution is -2.40. The number of hydrogen-bond acceptors (Lipinski definition) is 1. The molecule has 0 heterocycles. The summed E-state index contributed by atoms with van der Waals surface area (Å²) in [6, 6.07) is 1.64. The first kappa shape index (κ1) is 14.4. The van der Waals surface area contributed by atoms with E-state index in [4.69, 9.17) is 0 Å². The topological polar surface area (TPSA) is 12.0 Å². The lowest BCUT2D eigenvalue weighted by Gasteiger charge is -2.26. The van der Waals surface area contributed by atoms with Gasteiger partial charge in [0.15, 0.2) is 0 Å². The largest absolute Gasteiger partial charge is 0.311 e. The van der Waals surface area contributed by atoms with E-state index in [1.54, 1.807) is 0 Å². The average molecular weight is 251 g/mol. The lowest BCUT2D eigenvalue weighted by atomic mass is 9.93. The second-order valence-corrected chi connectivity index (χ2v) is 6.86. The van der Waals surface area contributed by atoms with Crippen molar-refractivity contribution in [2.24, 2.45) is 17.8 Å². The van der Waals surface area contributed by atoms with Gasteiger partial charge in [-0.05, 0) is 49.9 Å². The molecule has 2 aliphatic carbocycles. The van der Waals surface area contributed by atoms with Crippen LogP contribution in [0.1, 0.15) is 78.6 Å². The fraction of sp³-hybridized carbons (Fsp3) is 1.00. The van der Waals surface area contributed by atoms with Gasteiger partial charge in [-0.1, -0.05) is 46.5 Å². The molecule has 0 aromatic carbocycles. The molecule has 5 atom stereocenters. The van der Waals surface area contributed by atoms with Crippen molar-refractivity contribution in [3.8, 4) is 0 Å². The van der Waals surface area contributed by atoms with E-state index in [1.165, 1.54) is 57.8 Å². The fourth-order valence-electron chi connectivity index (χ4n) is 4.32. The van der Waals surface area contributed by atoms with E-state index in [-0.39, 0.29) is 0 Å². The van der Waals surface area contributed by atoms with E-state index >= 15 is 0 Å². The van der Waals surface area contributed by atoms with Gasteiger partial charge in [0, 0.05) is 12.1 Å². The van der Waals surface area contributed by atoms with Crippen molar-refractivity contribution in [1.82, 2.24) is 5.32 Å². The first-order chi connectivity index (χ1) is 8.74. The molecule has 2 rings (SSSR count). The van der Waals surface area contributed by atoms with Crippen LogP contribution >= 0.6 is 0 Å². The molecule has 106 valence electrons. The highest BCUT2D eigenvalue weighted by Gasteiger charge is 2.32. The zero-order valence-corrected chi connectivity index (χ0v) is 12.8. The maximum atomic E-state index is 4.02. The minimum absolute atomic E-state index is 0.818. The molecule has 0 radical (unpaired) electrons. The van der Waals surface area contributed by atoms with Crippen molar-refractivity contribution < 1.29 is 0 Å². The second kappa shape index (κ2) is 6.93. The van der Waals surface area contributed by atoms with Crippen molar-refractivity contribution in [3.63, 3.8) is 0 Å². The van der Waals surface area contributed by atoms with Crippen LogP contribution in [0.4, 0.5) is 0 Å². The fourth-order valence-corrected chi connectivity index (χ4v) is 4.32. The van der Waals surface area contributed by atoms with Gasteiger partial charge >= 0.3 is 0 Å². The number of rotatable bonds is 4. The molecule has 2 fully saturated rings. The molecule has 1 heteroatoms. The summed E-state index contributed by atoms with van der Waals surface area (Å²) in [5.74, 6) is 2.90. The molecule has 1 nitrogen and oxygen atoms in total. The Morgan fingerprint density at radius 1 is 0.889 bits per heavy atom. The Morgan fingerprint density at radius 2 is 1.72 bits per heavy atom. The van der Waals surface area contributed by atoms with Crippen LogP contribution in [0.5, 0.6) is 0 Å². The third-order valence-corrected chi connectivity index (χ3v) is 5.87. The minimum Gasteiger partial charge on any atom is -0.311 e. The summed E-state index contributed by atoms with van der Waals surface area (Å²) in [5, 5.41) is 4.02. The average Bonchev–Trinajstić information content (AvgIpc) is 2.61. The molecule has 0 amide bonds. The van der Waals surface area contributed by atoms with Crippen LogP contribution in [0.25, 0.3) is 0 Å². The first-order valence-corrected chi connectivity index (χ1v) is 8.50. The molecule has 2 saturated carbocycles. The van der Waals surface area contributed by atoms with E-state index in [2.05, 4.69) is 26.1 Å². The van der Waals surface area contributed by atoms with Crippen LogP contribution in [0.15, 0.2) is 0 Å². The van der Waals surface area contributed by atoms with Gasteiger partial charge in [-0.15, -0.1) is 0 Å². The molecule has 0 aliphatic heterocycles. The molecule has 2 aliphatic rings. The Kier molecular flexibility index (Phi) is 5.54. The quantitative estimate of drug-likeness (QED) is 0.710. The summed E-state index contributed by atoms with van der Waals surface area (Å²) in [7, 11) is 0. The van der Waals surface area contributed by atoms with Gasteiger partial charge in [0.2, 0.25) is 0 Å². The Hall–Kier alpha value is -0.0400. The smallest absolute Gasteiger partial charge is 0.00980 e. The second-order valence-electron chi connectivity index (χ2n) is 6.86. The van der Waals surface area contributed by atoms with Crippen molar-refractivity contribution in [2.45, 2.75) is 90.6 Å².